The third-order valence-electron chi connectivity index (χ3n) is 3.14. The third kappa shape index (κ3) is 2.14. The first-order valence-corrected chi connectivity index (χ1v) is 5.22. The molecule has 0 radical (unpaired) electrons. The average Bonchev–Trinajstić information content (AvgIpc) is 2.93. The van der Waals surface area contributed by atoms with Crippen LogP contribution in [0.15, 0.2) is 0 Å². The molecule has 0 spiro atoms. The number of hydrogen-bond acceptors (Lipinski definition) is 1. The van der Waals surface area contributed by atoms with Gasteiger partial charge in [0.2, 0.25) is 0 Å². The van der Waals surface area contributed by atoms with Crippen LogP contribution in [0.1, 0.15) is 32.6 Å². The molecule has 0 bridgehead atoms. The highest BCUT2D eigenvalue weighted by Gasteiger charge is 2.33. The number of hydrogen-bond donors (Lipinski definition) is 1. The Morgan fingerprint density at radius 1 is 1.38 bits per heavy atom. The Hall–Kier alpha value is -0.730. The molecule has 74 valence electrons. The maximum Gasteiger partial charge on any atom is 0.317 e. The zero-order chi connectivity index (χ0) is 9.42. The zero-order valence-corrected chi connectivity index (χ0v) is 8.42. The van der Waals surface area contributed by atoms with Crippen molar-refractivity contribution in [3.8, 4) is 0 Å². The lowest BCUT2D eigenvalue weighted by Crippen LogP contribution is -2.44. The minimum Gasteiger partial charge on any atom is -0.335 e. The molecule has 2 rings (SSSR count). The third-order valence-corrected chi connectivity index (χ3v) is 3.14. The van der Waals surface area contributed by atoms with Crippen LogP contribution in [0.25, 0.3) is 0 Å². The van der Waals surface area contributed by atoms with Crippen LogP contribution < -0.4 is 5.32 Å². The Balaban J connectivity index is 1.79. The van der Waals surface area contributed by atoms with Crippen molar-refractivity contribution in [3.63, 3.8) is 0 Å². The quantitative estimate of drug-likeness (QED) is 0.706. The molecule has 0 aliphatic heterocycles. The van der Waals surface area contributed by atoms with E-state index in [0.717, 1.165) is 18.8 Å². The van der Waals surface area contributed by atoms with Crippen molar-refractivity contribution in [2.75, 3.05) is 7.05 Å². The maximum atomic E-state index is 11.6. The van der Waals surface area contributed by atoms with Gasteiger partial charge in [-0.1, -0.05) is 0 Å². The van der Waals surface area contributed by atoms with Gasteiger partial charge in [0.25, 0.3) is 0 Å². The molecule has 0 aromatic rings. The number of carbonyl (C=O) groups is 1. The van der Waals surface area contributed by atoms with E-state index in [1.807, 2.05) is 11.9 Å². The summed E-state index contributed by atoms with van der Waals surface area (Å²) in [6, 6.07) is 1.00. The van der Waals surface area contributed by atoms with E-state index < -0.39 is 0 Å². The van der Waals surface area contributed by atoms with Crippen LogP contribution in [-0.4, -0.2) is 30.1 Å². The number of nitrogens with zero attached hydrogens (tertiary/aromatic N) is 1. The molecule has 0 saturated heterocycles. The summed E-state index contributed by atoms with van der Waals surface area (Å²) in [4.78, 5) is 13.4. The molecule has 2 aliphatic carbocycles. The van der Waals surface area contributed by atoms with Crippen LogP contribution in [0.5, 0.6) is 0 Å². The molecule has 2 amide bonds. The minimum atomic E-state index is 0.113. The fourth-order valence-corrected chi connectivity index (χ4v) is 1.58. The molecule has 0 aromatic carbocycles. The van der Waals surface area contributed by atoms with E-state index >= 15 is 0 Å². The van der Waals surface area contributed by atoms with Gasteiger partial charge in [0.15, 0.2) is 0 Å². The first-order chi connectivity index (χ1) is 6.18. The summed E-state index contributed by atoms with van der Waals surface area (Å²) in [5.74, 6) is 0.759. The van der Waals surface area contributed by atoms with Crippen LogP contribution in [0.2, 0.25) is 0 Å². The summed E-state index contributed by atoms with van der Waals surface area (Å²) < 4.78 is 0. The maximum absolute atomic E-state index is 11.6. The Bertz CT molecular complexity index is 209. The predicted octanol–water partition coefficient (Wildman–Crippen LogP) is 1.59. The lowest BCUT2D eigenvalue weighted by molar-refractivity contribution is 0.187. The fourth-order valence-electron chi connectivity index (χ4n) is 1.58. The average molecular weight is 182 g/mol. The van der Waals surface area contributed by atoms with E-state index in [4.69, 9.17) is 0 Å². The van der Waals surface area contributed by atoms with Gasteiger partial charge in [0.1, 0.15) is 0 Å². The Morgan fingerprint density at radius 3 is 2.46 bits per heavy atom. The lowest BCUT2D eigenvalue weighted by atomic mass is 10.2. The van der Waals surface area contributed by atoms with Crippen molar-refractivity contribution in [2.24, 2.45) is 5.92 Å². The van der Waals surface area contributed by atoms with Crippen LogP contribution in [0.3, 0.4) is 0 Å². The smallest absolute Gasteiger partial charge is 0.317 e. The topological polar surface area (TPSA) is 32.3 Å². The molecule has 3 heteroatoms. The van der Waals surface area contributed by atoms with Gasteiger partial charge in [0.05, 0.1) is 0 Å². The Labute approximate surface area is 79.5 Å². The van der Waals surface area contributed by atoms with Gasteiger partial charge in [-0.2, -0.15) is 0 Å². The highest BCUT2D eigenvalue weighted by atomic mass is 16.2. The van der Waals surface area contributed by atoms with Gasteiger partial charge in [-0.25, -0.2) is 4.79 Å². The lowest BCUT2D eigenvalue weighted by Gasteiger charge is -2.25. The fraction of sp³-hybridized carbons (Fsp3) is 0.900. The molecular formula is C10H18N2O. The summed E-state index contributed by atoms with van der Waals surface area (Å²) in [5.41, 5.74) is 0. The van der Waals surface area contributed by atoms with E-state index in [0.29, 0.717) is 12.1 Å². The second-order valence-electron chi connectivity index (χ2n) is 4.41. The van der Waals surface area contributed by atoms with Gasteiger partial charge in [-0.05, 0) is 38.5 Å². The molecule has 13 heavy (non-hydrogen) atoms. The zero-order valence-electron chi connectivity index (χ0n) is 8.42. The van der Waals surface area contributed by atoms with Crippen molar-refractivity contribution in [1.82, 2.24) is 10.2 Å². The normalized spacial score (nSPS) is 23.8. The number of rotatable bonds is 3. The molecule has 1 unspecified atom stereocenters. The van der Waals surface area contributed by atoms with Crippen molar-refractivity contribution in [1.29, 1.82) is 0 Å². The molecule has 0 aromatic heterocycles. The monoisotopic (exact) mass is 182 g/mol. The molecular weight excluding hydrogens is 164 g/mol. The van der Waals surface area contributed by atoms with Crippen molar-refractivity contribution < 1.29 is 4.79 Å². The first kappa shape index (κ1) is 8.85. The summed E-state index contributed by atoms with van der Waals surface area (Å²) in [5, 5.41) is 3.00. The second-order valence-corrected chi connectivity index (χ2v) is 4.41. The summed E-state index contributed by atoms with van der Waals surface area (Å²) in [6.45, 7) is 2.14. The van der Waals surface area contributed by atoms with Gasteiger partial charge < -0.3 is 10.2 Å². The molecule has 0 heterocycles. The Morgan fingerprint density at radius 2 is 2.00 bits per heavy atom. The first-order valence-electron chi connectivity index (χ1n) is 5.22. The van der Waals surface area contributed by atoms with Crippen molar-refractivity contribution >= 4 is 6.03 Å². The molecule has 3 nitrogen and oxygen atoms in total. The Kier molecular flexibility index (Phi) is 2.18. The van der Waals surface area contributed by atoms with Gasteiger partial charge in [-0.15, -0.1) is 0 Å². The van der Waals surface area contributed by atoms with E-state index in [1.165, 1.54) is 12.8 Å². The van der Waals surface area contributed by atoms with Gasteiger partial charge >= 0.3 is 6.03 Å². The van der Waals surface area contributed by atoms with Crippen LogP contribution >= 0.6 is 0 Å². The SMILES string of the molecule is CC(C1CC1)N(C)C(=O)NC1CC1. The van der Waals surface area contributed by atoms with Crippen LogP contribution in [-0.2, 0) is 0 Å². The minimum absolute atomic E-state index is 0.113. The van der Waals surface area contributed by atoms with E-state index in [-0.39, 0.29) is 6.03 Å². The highest BCUT2D eigenvalue weighted by molar-refractivity contribution is 5.74. The van der Waals surface area contributed by atoms with Gasteiger partial charge in [0, 0.05) is 19.1 Å². The number of carbonyl (C=O) groups excluding carboxylic acids is 1. The standard InChI is InChI=1S/C10H18N2O/c1-7(8-3-4-8)12(2)10(13)11-9-5-6-9/h7-9H,3-6H2,1-2H3,(H,11,13). The highest BCUT2D eigenvalue weighted by Crippen LogP contribution is 2.34. The molecule has 1 N–H and O–H groups in total. The molecule has 1 atom stereocenters. The van der Waals surface area contributed by atoms with E-state index in [2.05, 4.69) is 12.2 Å². The molecule has 2 aliphatic rings. The number of amides is 2. The van der Waals surface area contributed by atoms with Crippen LogP contribution in [0, 0.1) is 5.92 Å². The molecule has 2 saturated carbocycles. The molecule has 2 fully saturated rings. The number of nitrogens with one attached hydrogen (secondary N) is 1. The second kappa shape index (κ2) is 3.20. The predicted molar refractivity (Wildman–Crippen MR) is 51.5 cm³/mol. The van der Waals surface area contributed by atoms with E-state index in [9.17, 15) is 4.79 Å². The van der Waals surface area contributed by atoms with Crippen molar-refractivity contribution in [2.45, 2.75) is 44.7 Å². The van der Waals surface area contributed by atoms with Gasteiger partial charge in [-0.3, -0.25) is 0 Å². The van der Waals surface area contributed by atoms with E-state index in [1.54, 1.807) is 0 Å². The summed E-state index contributed by atoms with van der Waals surface area (Å²) in [7, 11) is 1.90. The van der Waals surface area contributed by atoms with Crippen LogP contribution in [0.4, 0.5) is 4.79 Å². The summed E-state index contributed by atoms with van der Waals surface area (Å²) >= 11 is 0. The largest absolute Gasteiger partial charge is 0.335 e. The number of urea groups is 1. The van der Waals surface area contributed by atoms with Crippen molar-refractivity contribution in [3.05, 3.63) is 0 Å². The summed E-state index contributed by atoms with van der Waals surface area (Å²) in [6.07, 6.45) is 4.92.